The Morgan fingerprint density at radius 2 is 0.722 bits per heavy atom. The molecule has 1 aliphatic rings. The van der Waals surface area contributed by atoms with E-state index >= 15 is 0 Å². The minimum absolute atomic E-state index is 0.178. The summed E-state index contributed by atoms with van der Waals surface area (Å²) < 4.78 is 11.3. The van der Waals surface area contributed by atoms with Crippen LogP contribution in [0.15, 0.2) is 24.3 Å². The van der Waals surface area contributed by atoms with Crippen LogP contribution in [0.4, 0.5) is 0 Å². The highest BCUT2D eigenvalue weighted by molar-refractivity contribution is 5.76. The average Bonchev–Trinajstić information content (AvgIpc) is 3.47. The van der Waals surface area contributed by atoms with Gasteiger partial charge in [-0.2, -0.15) is 0 Å². The third-order valence-electron chi connectivity index (χ3n) is 17.0. The minimum atomic E-state index is -1.57. The molecule has 0 spiro atoms. The molecule has 468 valence electrons. The first kappa shape index (κ1) is 75.7. The van der Waals surface area contributed by atoms with Crippen LogP contribution in [0.1, 0.15) is 361 Å². The molecule has 79 heavy (non-hydrogen) atoms. The average molecular weight is 1120 g/mol. The van der Waals surface area contributed by atoms with Crippen LogP contribution in [-0.2, 0) is 14.3 Å². The first-order valence-corrected chi connectivity index (χ1v) is 35.1. The van der Waals surface area contributed by atoms with Crippen molar-refractivity contribution in [2.24, 2.45) is 0 Å². The number of allylic oxidation sites excluding steroid dienone is 3. The van der Waals surface area contributed by atoms with Gasteiger partial charge in [0.15, 0.2) is 6.29 Å². The molecule has 1 rings (SSSR count). The third-order valence-corrected chi connectivity index (χ3v) is 17.0. The lowest BCUT2D eigenvalue weighted by Gasteiger charge is -2.40. The highest BCUT2D eigenvalue weighted by Gasteiger charge is 2.44. The molecule has 1 amide bonds. The van der Waals surface area contributed by atoms with Crippen molar-refractivity contribution in [2.45, 2.75) is 403 Å². The quantitative estimate of drug-likeness (QED) is 0.0261. The largest absolute Gasteiger partial charge is 0.394 e. The zero-order valence-electron chi connectivity index (χ0n) is 52.4. The fourth-order valence-corrected chi connectivity index (χ4v) is 11.5. The van der Waals surface area contributed by atoms with Gasteiger partial charge in [-0.25, -0.2) is 0 Å². The Balaban J connectivity index is 2.07. The maximum absolute atomic E-state index is 13.1. The van der Waals surface area contributed by atoms with Gasteiger partial charge in [-0.15, -0.1) is 0 Å². The number of ether oxygens (including phenoxy) is 2. The Hall–Kier alpha value is -1.33. The highest BCUT2D eigenvalue weighted by Crippen LogP contribution is 2.23. The van der Waals surface area contributed by atoms with Crippen molar-refractivity contribution < 1.29 is 39.8 Å². The maximum atomic E-state index is 13.1. The second-order valence-electron chi connectivity index (χ2n) is 24.7. The standard InChI is InChI=1S/C70H135NO8/c1-3-5-7-9-11-13-15-17-19-21-23-24-25-26-27-28-29-30-31-32-33-34-35-36-37-38-39-40-42-44-46-48-50-52-54-56-58-60-66(74)71-63(62-78-70-69(77)68(76)67(75)65(61-72)79-70)64(73)59-57-55-53-51-49-47-45-43-41-22-20-18-16-14-12-10-8-6-4-2/h49,51,57,59,63-65,67-70,72-73,75-77H,3-48,50,52-56,58,60-62H2,1-2H3,(H,71,74)/b51-49+,59-57+. The Labute approximate surface area is 489 Å². The number of hydrogen-bond acceptors (Lipinski definition) is 8. The second-order valence-corrected chi connectivity index (χ2v) is 24.7. The molecule has 1 heterocycles. The molecular formula is C70H135NO8. The summed E-state index contributed by atoms with van der Waals surface area (Å²) in [6.07, 6.45) is 71.6. The van der Waals surface area contributed by atoms with Crippen LogP contribution in [-0.4, -0.2) is 87.5 Å². The van der Waals surface area contributed by atoms with Crippen LogP contribution in [0.25, 0.3) is 0 Å². The van der Waals surface area contributed by atoms with Crippen LogP contribution in [0.3, 0.4) is 0 Å². The molecule has 1 fully saturated rings. The van der Waals surface area contributed by atoms with E-state index in [-0.39, 0.29) is 12.5 Å². The zero-order chi connectivity index (χ0) is 57.2. The molecule has 7 atom stereocenters. The predicted octanol–water partition coefficient (Wildman–Crippen LogP) is 18.9. The SMILES string of the molecule is CCCCCCCCCCCCCCC/C=C/CC/C=C/C(O)C(COC1OC(CO)C(O)C(O)C1O)NC(=O)CCCCCCCCCCCCCCCCCCCCCCCCCCCCCCCCCCCCCCC. The van der Waals surface area contributed by atoms with Crippen molar-refractivity contribution in [3.05, 3.63) is 24.3 Å². The van der Waals surface area contributed by atoms with E-state index in [0.717, 1.165) is 38.5 Å². The minimum Gasteiger partial charge on any atom is -0.394 e. The number of nitrogens with one attached hydrogen (secondary N) is 1. The molecule has 0 aliphatic carbocycles. The lowest BCUT2D eigenvalue weighted by molar-refractivity contribution is -0.302. The van der Waals surface area contributed by atoms with E-state index in [1.807, 2.05) is 6.08 Å². The summed E-state index contributed by atoms with van der Waals surface area (Å²) in [7, 11) is 0. The van der Waals surface area contributed by atoms with Crippen molar-refractivity contribution in [1.29, 1.82) is 0 Å². The smallest absolute Gasteiger partial charge is 0.220 e. The monoisotopic (exact) mass is 1120 g/mol. The normalized spacial score (nSPS) is 18.6. The van der Waals surface area contributed by atoms with E-state index in [2.05, 4.69) is 31.3 Å². The van der Waals surface area contributed by atoms with Crippen LogP contribution in [0.2, 0.25) is 0 Å². The molecule has 0 aromatic heterocycles. The summed E-state index contributed by atoms with van der Waals surface area (Å²) in [4.78, 5) is 13.1. The van der Waals surface area contributed by atoms with Crippen LogP contribution in [0.5, 0.6) is 0 Å². The summed E-state index contributed by atoms with van der Waals surface area (Å²) >= 11 is 0. The summed E-state index contributed by atoms with van der Waals surface area (Å²) in [5, 5.41) is 54.6. The lowest BCUT2D eigenvalue weighted by atomic mass is 9.99. The molecule has 6 N–H and O–H groups in total. The zero-order valence-corrected chi connectivity index (χ0v) is 52.4. The number of aliphatic hydroxyl groups is 5. The molecule has 1 aliphatic heterocycles. The molecule has 9 heteroatoms. The molecule has 9 nitrogen and oxygen atoms in total. The van der Waals surface area contributed by atoms with Gasteiger partial charge in [-0.05, 0) is 32.1 Å². The summed E-state index contributed by atoms with van der Waals surface area (Å²) in [5.41, 5.74) is 0. The molecular weight excluding hydrogens is 983 g/mol. The van der Waals surface area contributed by atoms with Gasteiger partial charge in [-0.1, -0.05) is 346 Å². The molecule has 0 bridgehead atoms. The summed E-state index contributed by atoms with van der Waals surface area (Å²) in [6.45, 7) is 3.82. The first-order valence-electron chi connectivity index (χ1n) is 35.1. The third kappa shape index (κ3) is 48.7. The Morgan fingerprint density at radius 1 is 0.418 bits per heavy atom. The number of rotatable bonds is 62. The van der Waals surface area contributed by atoms with Gasteiger partial charge in [0.05, 0.1) is 25.4 Å². The number of carbonyl (C=O) groups is 1. The molecule has 7 unspecified atom stereocenters. The van der Waals surface area contributed by atoms with Crippen LogP contribution < -0.4 is 5.32 Å². The van der Waals surface area contributed by atoms with Gasteiger partial charge in [0, 0.05) is 6.42 Å². The van der Waals surface area contributed by atoms with Crippen LogP contribution >= 0.6 is 0 Å². The summed E-state index contributed by atoms with van der Waals surface area (Å²) in [6, 6.07) is -0.819. The topological polar surface area (TPSA) is 149 Å². The van der Waals surface area contributed by atoms with Gasteiger partial charge in [0.2, 0.25) is 5.91 Å². The van der Waals surface area contributed by atoms with E-state index in [1.54, 1.807) is 6.08 Å². The van der Waals surface area contributed by atoms with Gasteiger partial charge in [0.25, 0.3) is 0 Å². The Morgan fingerprint density at radius 3 is 1.06 bits per heavy atom. The number of amides is 1. The fraction of sp³-hybridized carbons (Fsp3) is 0.929. The van der Waals surface area contributed by atoms with Crippen LogP contribution in [0, 0.1) is 0 Å². The van der Waals surface area contributed by atoms with Crippen molar-refractivity contribution in [2.75, 3.05) is 13.2 Å². The Bertz CT molecular complexity index is 1300. The van der Waals surface area contributed by atoms with Gasteiger partial charge in [-0.3, -0.25) is 4.79 Å². The number of unbranched alkanes of at least 4 members (excludes halogenated alkanes) is 50. The Kier molecular flexibility index (Phi) is 57.3. The maximum Gasteiger partial charge on any atom is 0.220 e. The highest BCUT2D eigenvalue weighted by atomic mass is 16.7. The van der Waals surface area contributed by atoms with E-state index < -0.39 is 49.5 Å². The van der Waals surface area contributed by atoms with Gasteiger partial charge >= 0.3 is 0 Å². The van der Waals surface area contributed by atoms with Gasteiger partial charge < -0.3 is 40.3 Å². The number of aliphatic hydroxyl groups excluding tert-OH is 5. The molecule has 0 radical (unpaired) electrons. The van der Waals surface area contributed by atoms with E-state index in [0.29, 0.717) is 6.42 Å². The second kappa shape index (κ2) is 59.8. The van der Waals surface area contributed by atoms with Crippen molar-refractivity contribution >= 4 is 5.91 Å². The number of carbonyl (C=O) groups excluding carboxylic acids is 1. The number of hydrogen-bond donors (Lipinski definition) is 6. The van der Waals surface area contributed by atoms with Crippen molar-refractivity contribution in [1.82, 2.24) is 5.32 Å². The van der Waals surface area contributed by atoms with E-state index in [9.17, 15) is 30.3 Å². The van der Waals surface area contributed by atoms with Crippen molar-refractivity contribution in [3.63, 3.8) is 0 Å². The van der Waals surface area contributed by atoms with Gasteiger partial charge in [0.1, 0.15) is 24.4 Å². The lowest BCUT2D eigenvalue weighted by Crippen LogP contribution is -2.60. The predicted molar refractivity (Wildman–Crippen MR) is 337 cm³/mol. The molecule has 0 saturated carbocycles. The summed E-state index contributed by atoms with van der Waals surface area (Å²) in [5.74, 6) is -0.178. The van der Waals surface area contributed by atoms with E-state index in [1.165, 1.54) is 302 Å². The molecule has 0 aromatic rings. The first-order chi connectivity index (χ1) is 38.8. The van der Waals surface area contributed by atoms with Crippen molar-refractivity contribution in [3.8, 4) is 0 Å². The fourth-order valence-electron chi connectivity index (χ4n) is 11.5. The molecule has 0 aromatic carbocycles. The van der Waals surface area contributed by atoms with E-state index in [4.69, 9.17) is 9.47 Å². The molecule has 1 saturated heterocycles.